The van der Waals surface area contributed by atoms with Crippen LogP contribution in [0, 0.1) is 11.6 Å². The Hall–Kier alpha value is -1.38. The van der Waals surface area contributed by atoms with Crippen molar-refractivity contribution in [3.63, 3.8) is 0 Å². The molecule has 4 nitrogen and oxygen atoms in total. The van der Waals surface area contributed by atoms with Gasteiger partial charge in [0.2, 0.25) is 0 Å². The Kier molecular flexibility index (Phi) is 4.40. The van der Waals surface area contributed by atoms with Crippen molar-refractivity contribution in [1.29, 1.82) is 0 Å². The maximum Gasteiger partial charge on any atom is 0.262 e. The first-order valence-electron chi connectivity index (χ1n) is 5.43. The van der Waals surface area contributed by atoms with Crippen LogP contribution >= 0.6 is 27.5 Å². The van der Waals surface area contributed by atoms with Gasteiger partial charge in [-0.15, -0.1) is 0 Å². The molecule has 3 N–H and O–H groups in total. The van der Waals surface area contributed by atoms with Crippen LogP contribution in [0.25, 0.3) is 0 Å². The molecule has 9 heteroatoms. The van der Waals surface area contributed by atoms with E-state index in [0.29, 0.717) is 6.07 Å². The molecule has 0 fully saturated rings. The molecule has 2 aromatic rings. The second-order valence-corrected chi connectivity index (χ2v) is 6.98. The van der Waals surface area contributed by atoms with Gasteiger partial charge in [-0.1, -0.05) is 11.6 Å². The number of nitrogen functional groups attached to an aromatic ring is 1. The van der Waals surface area contributed by atoms with Crippen molar-refractivity contribution in [2.75, 3.05) is 10.5 Å². The van der Waals surface area contributed by atoms with Crippen LogP contribution in [0.3, 0.4) is 0 Å². The molecule has 0 saturated heterocycles. The highest BCUT2D eigenvalue weighted by Crippen LogP contribution is 2.30. The first-order chi connectivity index (χ1) is 9.70. The van der Waals surface area contributed by atoms with Gasteiger partial charge in [0.05, 0.1) is 21.3 Å². The lowest BCUT2D eigenvalue weighted by atomic mass is 10.3. The smallest absolute Gasteiger partial charge is 0.262 e. The first kappa shape index (κ1) is 16.0. The lowest BCUT2D eigenvalue weighted by molar-refractivity contribution is 0.581. The summed E-state index contributed by atoms with van der Waals surface area (Å²) in [5.74, 6) is -1.88. The number of hydrogen-bond donors (Lipinski definition) is 2. The molecule has 0 aliphatic rings. The largest absolute Gasteiger partial charge is 0.398 e. The molecule has 0 unspecified atom stereocenters. The van der Waals surface area contributed by atoms with E-state index >= 15 is 0 Å². The maximum atomic E-state index is 13.7. The van der Waals surface area contributed by atoms with Crippen LogP contribution < -0.4 is 10.5 Å². The van der Waals surface area contributed by atoms with Crippen molar-refractivity contribution in [3.05, 3.63) is 51.5 Å². The molecule has 0 aliphatic heterocycles. The Morgan fingerprint density at radius 1 is 1.19 bits per heavy atom. The van der Waals surface area contributed by atoms with Crippen molar-refractivity contribution >= 4 is 48.9 Å². The minimum Gasteiger partial charge on any atom is -0.398 e. The Labute approximate surface area is 133 Å². The third kappa shape index (κ3) is 3.45. The van der Waals surface area contributed by atoms with Gasteiger partial charge in [0.1, 0.15) is 5.82 Å². The summed E-state index contributed by atoms with van der Waals surface area (Å²) < 4.78 is 52.9. The number of sulfonamides is 1. The van der Waals surface area contributed by atoms with Crippen LogP contribution in [0.1, 0.15) is 0 Å². The summed E-state index contributed by atoms with van der Waals surface area (Å²) in [6.07, 6.45) is 0. The molecule has 0 aromatic heterocycles. The highest BCUT2D eigenvalue weighted by Gasteiger charge is 2.20. The zero-order valence-electron chi connectivity index (χ0n) is 10.2. The first-order valence-corrected chi connectivity index (χ1v) is 8.08. The zero-order valence-corrected chi connectivity index (χ0v) is 13.4. The van der Waals surface area contributed by atoms with Crippen LogP contribution in [-0.4, -0.2) is 8.42 Å². The van der Waals surface area contributed by atoms with Gasteiger partial charge < -0.3 is 5.73 Å². The van der Waals surface area contributed by atoms with Gasteiger partial charge in [-0.05, 0) is 40.2 Å². The molecule has 0 aliphatic carbocycles. The zero-order chi connectivity index (χ0) is 15.8. The van der Waals surface area contributed by atoms with E-state index in [1.165, 1.54) is 12.1 Å². The standard InChI is InChI=1S/C12H8BrClF2N2O2S/c13-8-3-6(15)4-10(16)12(8)18-21(19,20)7-1-2-11(17)9(14)5-7/h1-5,18H,17H2. The minimum atomic E-state index is -4.09. The summed E-state index contributed by atoms with van der Waals surface area (Å²) >= 11 is 8.65. The van der Waals surface area contributed by atoms with Gasteiger partial charge in [-0.2, -0.15) is 0 Å². The topological polar surface area (TPSA) is 72.2 Å². The summed E-state index contributed by atoms with van der Waals surface area (Å²) in [4.78, 5) is -0.197. The van der Waals surface area contributed by atoms with Crippen molar-refractivity contribution < 1.29 is 17.2 Å². The number of anilines is 2. The van der Waals surface area contributed by atoms with E-state index in [0.717, 1.165) is 12.1 Å². The van der Waals surface area contributed by atoms with Gasteiger partial charge in [0.15, 0.2) is 5.82 Å². The van der Waals surface area contributed by atoms with Crippen molar-refractivity contribution in [2.24, 2.45) is 0 Å². The molecule has 0 spiro atoms. The number of halogens is 4. The molecule has 0 amide bonds. The van der Waals surface area contributed by atoms with E-state index in [2.05, 4.69) is 15.9 Å². The molecule has 21 heavy (non-hydrogen) atoms. The Morgan fingerprint density at radius 2 is 1.86 bits per heavy atom. The van der Waals surface area contributed by atoms with E-state index in [1.807, 2.05) is 4.72 Å². The minimum absolute atomic E-state index is 0.0523. The number of rotatable bonds is 3. The van der Waals surface area contributed by atoms with Crippen LogP contribution in [0.4, 0.5) is 20.2 Å². The second-order valence-electron chi connectivity index (χ2n) is 4.03. The molecule has 2 rings (SSSR count). The van der Waals surface area contributed by atoms with Crippen LogP contribution in [0.5, 0.6) is 0 Å². The second kappa shape index (κ2) is 5.78. The fourth-order valence-electron chi connectivity index (χ4n) is 1.51. The van der Waals surface area contributed by atoms with Gasteiger partial charge >= 0.3 is 0 Å². The molecule has 0 heterocycles. The highest BCUT2D eigenvalue weighted by atomic mass is 79.9. The van der Waals surface area contributed by atoms with E-state index in [-0.39, 0.29) is 20.1 Å². The van der Waals surface area contributed by atoms with Gasteiger partial charge in [-0.25, -0.2) is 17.2 Å². The van der Waals surface area contributed by atoms with Gasteiger partial charge in [-0.3, -0.25) is 4.72 Å². The van der Waals surface area contributed by atoms with E-state index in [9.17, 15) is 17.2 Å². The van der Waals surface area contributed by atoms with E-state index in [1.54, 1.807) is 0 Å². The fourth-order valence-corrected chi connectivity index (χ4v) is 3.51. The van der Waals surface area contributed by atoms with Crippen molar-refractivity contribution in [2.45, 2.75) is 4.90 Å². The predicted octanol–water partition coefficient (Wildman–Crippen LogP) is 3.76. The average Bonchev–Trinajstić information content (AvgIpc) is 2.37. The average molecular weight is 398 g/mol. The Morgan fingerprint density at radius 3 is 2.43 bits per heavy atom. The van der Waals surface area contributed by atoms with Crippen LogP contribution in [-0.2, 0) is 10.0 Å². The number of nitrogens with one attached hydrogen (secondary N) is 1. The Bertz CT molecular complexity index is 792. The SMILES string of the molecule is Nc1ccc(S(=O)(=O)Nc2c(F)cc(F)cc2Br)cc1Cl. The van der Waals surface area contributed by atoms with Gasteiger partial charge in [0, 0.05) is 10.5 Å². The van der Waals surface area contributed by atoms with Crippen LogP contribution in [0.2, 0.25) is 5.02 Å². The molecular weight excluding hydrogens is 390 g/mol. The summed E-state index contributed by atoms with van der Waals surface area (Å²) in [5, 5.41) is 0.0523. The van der Waals surface area contributed by atoms with Crippen LogP contribution in [0.15, 0.2) is 39.7 Å². The molecule has 0 saturated carbocycles. The van der Waals surface area contributed by atoms with Crippen molar-refractivity contribution in [1.82, 2.24) is 0 Å². The third-order valence-corrected chi connectivity index (χ3v) is 4.83. The highest BCUT2D eigenvalue weighted by molar-refractivity contribution is 9.10. The molecule has 0 radical (unpaired) electrons. The lowest BCUT2D eigenvalue weighted by Gasteiger charge is -2.11. The number of nitrogens with two attached hydrogens (primary N) is 1. The molecule has 0 atom stereocenters. The summed E-state index contributed by atoms with van der Waals surface area (Å²) in [6.45, 7) is 0. The normalized spacial score (nSPS) is 11.4. The maximum absolute atomic E-state index is 13.7. The quantitative estimate of drug-likeness (QED) is 0.775. The number of hydrogen-bond acceptors (Lipinski definition) is 3. The summed E-state index contributed by atoms with van der Waals surface area (Å²) in [6, 6.07) is 5.18. The predicted molar refractivity (Wildman–Crippen MR) is 80.7 cm³/mol. The van der Waals surface area contributed by atoms with E-state index < -0.39 is 27.3 Å². The van der Waals surface area contributed by atoms with E-state index in [4.69, 9.17) is 17.3 Å². The Balaban J connectivity index is 2.44. The number of benzene rings is 2. The summed E-state index contributed by atoms with van der Waals surface area (Å²) in [5.41, 5.74) is 5.31. The monoisotopic (exact) mass is 396 g/mol. The fraction of sp³-hybridized carbons (Fsp3) is 0. The van der Waals surface area contributed by atoms with Gasteiger partial charge in [0.25, 0.3) is 10.0 Å². The van der Waals surface area contributed by atoms with Crippen molar-refractivity contribution in [3.8, 4) is 0 Å². The lowest BCUT2D eigenvalue weighted by Crippen LogP contribution is -2.14. The third-order valence-electron chi connectivity index (χ3n) is 2.53. The molecule has 0 bridgehead atoms. The molecular formula is C12H8BrClF2N2O2S. The molecule has 112 valence electrons. The summed E-state index contributed by atoms with van der Waals surface area (Å²) in [7, 11) is -4.09. The molecule has 2 aromatic carbocycles.